The predicted octanol–water partition coefficient (Wildman–Crippen LogP) is 4.05. The SMILES string of the molecule is CCCCCCCCCCCCCCc1ccc(S(=O)(=O)O)c([O-])c1Oc1ccccc1.[Na+]. The molecule has 1 N–H and O–H groups in total. The summed E-state index contributed by atoms with van der Waals surface area (Å²) in [5, 5.41) is 12.7. The van der Waals surface area contributed by atoms with Crippen LogP contribution in [0.2, 0.25) is 0 Å². The number of benzene rings is 2. The van der Waals surface area contributed by atoms with Gasteiger partial charge < -0.3 is 9.84 Å². The van der Waals surface area contributed by atoms with Crippen LogP contribution in [0.25, 0.3) is 0 Å². The van der Waals surface area contributed by atoms with Gasteiger partial charge in [0.25, 0.3) is 10.1 Å². The van der Waals surface area contributed by atoms with Crippen molar-refractivity contribution in [2.24, 2.45) is 0 Å². The Morgan fingerprint density at radius 3 is 1.82 bits per heavy atom. The average Bonchev–Trinajstić information content (AvgIpc) is 2.76. The maximum absolute atomic E-state index is 12.7. The van der Waals surface area contributed by atoms with Gasteiger partial charge in [0.15, 0.2) is 0 Å². The monoisotopic (exact) mass is 484 g/mol. The molecule has 0 aliphatic heterocycles. The number of hydrogen-bond donors (Lipinski definition) is 1. The number of rotatable bonds is 16. The van der Waals surface area contributed by atoms with Gasteiger partial charge in [0, 0.05) is 0 Å². The zero-order valence-corrected chi connectivity index (χ0v) is 23.0. The molecule has 0 spiro atoms. The third kappa shape index (κ3) is 11.3. The minimum atomic E-state index is -4.60. The van der Waals surface area contributed by atoms with Gasteiger partial charge in [-0.05, 0) is 42.4 Å². The molecule has 0 saturated heterocycles. The number of para-hydroxylation sites is 1. The molecule has 2 rings (SSSR count). The van der Waals surface area contributed by atoms with E-state index in [9.17, 15) is 18.1 Å². The van der Waals surface area contributed by atoms with E-state index in [1.54, 1.807) is 30.3 Å². The second-order valence-electron chi connectivity index (χ2n) is 8.41. The summed E-state index contributed by atoms with van der Waals surface area (Å²) in [7, 11) is -4.60. The topological polar surface area (TPSA) is 86.7 Å². The van der Waals surface area contributed by atoms with E-state index in [1.807, 2.05) is 6.07 Å². The zero-order valence-electron chi connectivity index (χ0n) is 20.2. The number of aryl methyl sites for hydroxylation is 1. The fourth-order valence-electron chi connectivity index (χ4n) is 3.86. The fourth-order valence-corrected chi connectivity index (χ4v) is 4.43. The molecule has 2 aromatic carbocycles. The zero-order chi connectivity index (χ0) is 23.2. The molecule has 0 bridgehead atoms. The third-order valence-corrected chi connectivity index (χ3v) is 6.58. The third-order valence-electron chi connectivity index (χ3n) is 5.70. The average molecular weight is 485 g/mol. The molecule has 178 valence electrons. The molecule has 0 fully saturated rings. The van der Waals surface area contributed by atoms with Gasteiger partial charge in [0.1, 0.15) is 11.5 Å². The summed E-state index contributed by atoms with van der Waals surface area (Å²) in [6.45, 7) is 2.24. The molecule has 0 radical (unpaired) electrons. The van der Waals surface area contributed by atoms with E-state index in [0.29, 0.717) is 17.7 Å². The molecule has 5 nitrogen and oxygen atoms in total. The van der Waals surface area contributed by atoms with Crippen LogP contribution in [-0.4, -0.2) is 13.0 Å². The number of hydrogen-bond acceptors (Lipinski definition) is 4. The van der Waals surface area contributed by atoms with Crippen LogP contribution in [0.1, 0.15) is 89.5 Å². The Kier molecular flexibility index (Phi) is 15.0. The Bertz CT molecular complexity index is 900. The maximum atomic E-state index is 12.7. The molecule has 0 unspecified atom stereocenters. The summed E-state index contributed by atoms with van der Waals surface area (Å²) >= 11 is 0. The van der Waals surface area contributed by atoms with Crippen molar-refractivity contribution in [3.63, 3.8) is 0 Å². The van der Waals surface area contributed by atoms with Crippen LogP contribution >= 0.6 is 0 Å². The Labute approximate surface area is 222 Å². The van der Waals surface area contributed by atoms with Gasteiger partial charge in [-0.25, -0.2) is 0 Å². The molecule has 7 heteroatoms. The van der Waals surface area contributed by atoms with Crippen molar-refractivity contribution < 1.29 is 52.4 Å². The molecular weight excluding hydrogens is 447 g/mol. The Morgan fingerprint density at radius 1 is 0.788 bits per heavy atom. The van der Waals surface area contributed by atoms with E-state index < -0.39 is 20.8 Å². The van der Waals surface area contributed by atoms with E-state index in [1.165, 1.54) is 63.9 Å². The Morgan fingerprint density at radius 2 is 1.30 bits per heavy atom. The smallest absolute Gasteiger partial charge is 0.869 e. The fraction of sp³-hybridized carbons (Fsp3) is 0.538. The summed E-state index contributed by atoms with van der Waals surface area (Å²) in [6, 6.07) is 11.5. The van der Waals surface area contributed by atoms with Gasteiger partial charge in [0.2, 0.25) is 0 Å². The molecule has 0 heterocycles. The second kappa shape index (κ2) is 16.6. The van der Waals surface area contributed by atoms with E-state index in [-0.39, 0.29) is 35.3 Å². The van der Waals surface area contributed by atoms with E-state index in [2.05, 4.69) is 6.92 Å². The van der Waals surface area contributed by atoms with Crippen LogP contribution in [0.4, 0.5) is 0 Å². The first-order chi connectivity index (χ1) is 15.4. The van der Waals surface area contributed by atoms with Gasteiger partial charge in [-0.3, -0.25) is 4.55 Å². The van der Waals surface area contributed by atoms with Crippen molar-refractivity contribution >= 4 is 10.1 Å². The number of ether oxygens (including phenoxy) is 1. The molecule has 0 aliphatic rings. The van der Waals surface area contributed by atoms with Gasteiger partial charge in [-0.15, -0.1) is 0 Å². The van der Waals surface area contributed by atoms with Crippen LogP contribution in [-0.2, 0) is 16.5 Å². The summed E-state index contributed by atoms with van der Waals surface area (Å²) < 4.78 is 38.2. The van der Waals surface area contributed by atoms with E-state index >= 15 is 0 Å². The molecule has 0 amide bonds. The summed E-state index contributed by atoms with van der Waals surface area (Å²) in [4.78, 5) is -0.651. The first kappa shape index (κ1) is 30.0. The molecule has 0 atom stereocenters. The van der Waals surface area contributed by atoms with Crippen molar-refractivity contribution in [3.05, 3.63) is 48.0 Å². The molecule has 0 aliphatic carbocycles. The molecule has 0 saturated carbocycles. The standard InChI is InChI=1S/C26H38O5S.Na/c1-2-3-4-5-6-7-8-9-10-11-12-14-17-22-20-21-24(32(28,29)30)25(27)26(22)31-23-18-15-13-16-19-23;/h13,15-16,18-21,27H,2-12,14,17H2,1H3,(H,28,29,30);/q;+1/p-1. The van der Waals surface area contributed by atoms with Gasteiger partial charge >= 0.3 is 29.6 Å². The van der Waals surface area contributed by atoms with Crippen LogP contribution in [0.5, 0.6) is 17.2 Å². The molecule has 0 aromatic heterocycles. The first-order valence-electron chi connectivity index (χ1n) is 12.0. The normalized spacial score (nSPS) is 11.2. The molecular formula is C26H37NaO5S. The summed E-state index contributed by atoms with van der Waals surface area (Å²) in [5.74, 6) is -0.366. The quantitative estimate of drug-likeness (QED) is 0.221. The minimum Gasteiger partial charge on any atom is -0.869 e. The van der Waals surface area contributed by atoms with Crippen molar-refractivity contribution in [3.8, 4) is 17.2 Å². The van der Waals surface area contributed by atoms with Crippen molar-refractivity contribution in [2.45, 2.75) is 95.3 Å². The Balaban J connectivity index is 0.00000544. The van der Waals surface area contributed by atoms with Gasteiger partial charge in [-0.1, -0.05) is 102 Å². The first-order valence-corrected chi connectivity index (χ1v) is 13.4. The van der Waals surface area contributed by atoms with E-state index in [0.717, 1.165) is 19.3 Å². The molecule has 33 heavy (non-hydrogen) atoms. The molecule has 2 aromatic rings. The minimum absolute atomic E-state index is 0. The van der Waals surface area contributed by atoms with Crippen molar-refractivity contribution in [2.75, 3.05) is 0 Å². The number of unbranched alkanes of at least 4 members (excludes halogenated alkanes) is 11. The van der Waals surface area contributed by atoms with Crippen molar-refractivity contribution in [1.29, 1.82) is 0 Å². The Hall–Kier alpha value is -1.05. The van der Waals surface area contributed by atoms with Crippen molar-refractivity contribution in [1.82, 2.24) is 0 Å². The maximum Gasteiger partial charge on any atom is 1.00 e. The second-order valence-corrected chi connectivity index (χ2v) is 9.80. The van der Waals surface area contributed by atoms with Crippen LogP contribution in [0.15, 0.2) is 47.4 Å². The van der Waals surface area contributed by atoms with Crippen LogP contribution < -0.4 is 39.4 Å². The predicted molar refractivity (Wildman–Crippen MR) is 127 cm³/mol. The largest absolute Gasteiger partial charge is 1.00 e. The van der Waals surface area contributed by atoms with Gasteiger partial charge in [-0.2, -0.15) is 8.42 Å². The van der Waals surface area contributed by atoms with Crippen LogP contribution in [0.3, 0.4) is 0 Å². The van der Waals surface area contributed by atoms with E-state index in [4.69, 9.17) is 4.74 Å². The summed E-state index contributed by atoms with van der Waals surface area (Å²) in [6.07, 6.45) is 15.6. The summed E-state index contributed by atoms with van der Waals surface area (Å²) in [5.41, 5.74) is 0.665. The van der Waals surface area contributed by atoms with Gasteiger partial charge in [0.05, 0.1) is 4.90 Å². The van der Waals surface area contributed by atoms with Crippen LogP contribution in [0, 0.1) is 0 Å².